The fourth-order valence-electron chi connectivity index (χ4n) is 4.74. The van der Waals surface area contributed by atoms with Crippen molar-refractivity contribution in [2.24, 2.45) is 0 Å². The number of carbonyl (C=O) groups excluding carboxylic acids is 3. The van der Waals surface area contributed by atoms with E-state index in [1.807, 2.05) is 50.2 Å². The van der Waals surface area contributed by atoms with Crippen LogP contribution in [0.2, 0.25) is 10.0 Å². The summed E-state index contributed by atoms with van der Waals surface area (Å²) in [5, 5.41) is 7.07. The number of pyridine rings is 2. The third-order valence-electron chi connectivity index (χ3n) is 7.38. The largest absolute Gasteiger partial charge is 0.487 e. The molecule has 3 aromatic carbocycles. The molecular weight excluding hydrogens is 637 g/mol. The second-order valence-corrected chi connectivity index (χ2v) is 11.5. The summed E-state index contributed by atoms with van der Waals surface area (Å²) in [7, 11) is 1.57. The quantitative estimate of drug-likeness (QED) is 0.153. The first-order chi connectivity index (χ1) is 22.6. The molecule has 0 atom stereocenters. The Hall–Kier alpha value is -5.25. The first kappa shape index (κ1) is 33.1. The Labute approximate surface area is 282 Å². The summed E-state index contributed by atoms with van der Waals surface area (Å²) < 4.78 is 6.09. The fraction of sp³-hybridized carbons (Fsp3) is 0.139. The number of hydrogen-bond donors (Lipinski definition) is 2. The van der Waals surface area contributed by atoms with Crippen LogP contribution in [0.25, 0.3) is 17.0 Å². The molecule has 47 heavy (non-hydrogen) atoms. The highest BCUT2D eigenvalue weighted by Gasteiger charge is 2.19. The number of nitrogens with zero attached hydrogens (tertiary/aromatic N) is 3. The van der Waals surface area contributed by atoms with E-state index in [9.17, 15) is 14.4 Å². The summed E-state index contributed by atoms with van der Waals surface area (Å²) in [6.45, 7) is 3.56. The Kier molecular flexibility index (Phi) is 10.5. The van der Waals surface area contributed by atoms with E-state index >= 15 is 0 Å². The normalized spacial score (nSPS) is 11.0. The van der Waals surface area contributed by atoms with Crippen LogP contribution in [-0.2, 0) is 16.2 Å². The number of aromatic nitrogens is 2. The number of anilines is 2. The van der Waals surface area contributed by atoms with Crippen molar-refractivity contribution < 1.29 is 19.1 Å². The van der Waals surface area contributed by atoms with Gasteiger partial charge in [-0.15, -0.1) is 0 Å². The van der Waals surface area contributed by atoms with Gasteiger partial charge in [0.05, 0.1) is 17.3 Å². The molecule has 0 aliphatic rings. The minimum Gasteiger partial charge on any atom is -0.487 e. The number of ether oxygens (including phenoxy) is 1. The number of likely N-dealkylation sites (N-methyl/N-ethyl adjacent to an activating group) is 1. The van der Waals surface area contributed by atoms with Crippen LogP contribution in [0.5, 0.6) is 5.75 Å². The SMILES string of the molecule is Cc1ccc2cccc(OCc3c(Cl)ccc(N(C)C(=O)CNC(=O)C=Cc4ccc(NC(=O)c5ccncc5)c(C)c4)c3Cl)c2n1. The minimum absolute atomic E-state index is 0.0569. The van der Waals surface area contributed by atoms with Gasteiger partial charge in [-0.3, -0.25) is 19.4 Å². The molecule has 0 aliphatic heterocycles. The van der Waals surface area contributed by atoms with Crippen LogP contribution in [0.3, 0.4) is 0 Å². The van der Waals surface area contributed by atoms with Crippen molar-refractivity contribution in [1.82, 2.24) is 15.3 Å². The van der Waals surface area contributed by atoms with Gasteiger partial charge in [-0.1, -0.05) is 47.5 Å². The monoisotopic (exact) mass is 667 g/mol. The molecule has 5 aromatic rings. The summed E-state index contributed by atoms with van der Waals surface area (Å²) in [6, 6.07) is 21.5. The van der Waals surface area contributed by atoms with Crippen LogP contribution < -0.4 is 20.3 Å². The number of fused-ring (bicyclic) bond motifs is 1. The van der Waals surface area contributed by atoms with E-state index in [4.69, 9.17) is 27.9 Å². The first-order valence-electron chi connectivity index (χ1n) is 14.6. The van der Waals surface area contributed by atoms with E-state index in [2.05, 4.69) is 20.6 Å². The third-order valence-corrected chi connectivity index (χ3v) is 8.15. The number of hydrogen-bond acceptors (Lipinski definition) is 6. The number of nitrogens with one attached hydrogen (secondary N) is 2. The number of aryl methyl sites for hydroxylation is 2. The van der Waals surface area contributed by atoms with Crippen molar-refractivity contribution in [2.45, 2.75) is 20.5 Å². The topological polar surface area (TPSA) is 114 Å². The van der Waals surface area contributed by atoms with E-state index in [0.717, 1.165) is 27.7 Å². The molecule has 0 radical (unpaired) electrons. The number of rotatable bonds is 10. The van der Waals surface area contributed by atoms with Gasteiger partial charge in [-0.25, -0.2) is 4.98 Å². The Bertz CT molecular complexity index is 2000. The van der Waals surface area contributed by atoms with Crippen molar-refractivity contribution in [2.75, 3.05) is 23.8 Å². The van der Waals surface area contributed by atoms with Gasteiger partial charge in [0.1, 0.15) is 17.9 Å². The van der Waals surface area contributed by atoms with Crippen molar-refractivity contribution >= 4 is 69.3 Å². The van der Waals surface area contributed by atoms with E-state index in [-0.39, 0.29) is 30.0 Å². The summed E-state index contributed by atoms with van der Waals surface area (Å²) in [5.74, 6) is -0.495. The van der Waals surface area contributed by atoms with Crippen LogP contribution in [0, 0.1) is 13.8 Å². The predicted molar refractivity (Wildman–Crippen MR) is 186 cm³/mol. The predicted octanol–water partition coefficient (Wildman–Crippen LogP) is 7.18. The van der Waals surface area contributed by atoms with Crippen LogP contribution in [0.4, 0.5) is 11.4 Å². The number of halogens is 2. The van der Waals surface area contributed by atoms with Gasteiger partial charge in [-0.2, -0.15) is 0 Å². The average Bonchev–Trinajstić information content (AvgIpc) is 3.07. The summed E-state index contributed by atoms with van der Waals surface area (Å²) in [6.07, 6.45) is 6.07. The third kappa shape index (κ3) is 8.13. The molecule has 0 saturated carbocycles. The second kappa shape index (κ2) is 14.9. The molecule has 0 spiro atoms. The van der Waals surface area contributed by atoms with Crippen LogP contribution in [0.1, 0.15) is 32.7 Å². The Morgan fingerprint density at radius 1 is 0.957 bits per heavy atom. The molecule has 5 rings (SSSR count). The lowest BCUT2D eigenvalue weighted by Gasteiger charge is -2.21. The van der Waals surface area contributed by atoms with Gasteiger partial charge >= 0.3 is 0 Å². The van der Waals surface area contributed by atoms with Crippen LogP contribution in [0.15, 0.2) is 91.3 Å². The highest BCUT2D eigenvalue weighted by molar-refractivity contribution is 6.38. The molecule has 0 fully saturated rings. The Morgan fingerprint density at radius 3 is 2.51 bits per heavy atom. The standard InChI is InChI=1S/C36H31Cl2N5O4/c1-22-19-24(8-12-29(22)42-36(46)26-15-17-39-18-16-26)9-14-32(44)40-20-33(45)43(3)30-13-11-28(37)27(34(30)38)21-47-31-6-4-5-25-10-7-23(2)41-35(25)31/h4-19H,20-21H2,1-3H3,(H,40,44)(H,42,46). The fourth-order valence-corrected chi connectivity index (χ4v) is 5.34. The zero-order valence-corrected chi connectivity index (χ0v) is 27.4. The maximum absolute atomic E-state index is 13.0. The molecule has 3 amide bonds. The number of para-hydroxylation sites is 1. The highest BCUT2D eigenvalue weighted by atomic mass is 35.5. The highest BCUT2D eigenvalue weighted by Crippen LogP contribution is 2.35. The molecule has 2 aromatic heterocycles. The summed E-state index contributed by atoms with van der Waals surface area (Å²) >= 11 is 13.2. The van der Waals surface area contributed by atoms with E-state index in [1.54, 1.807) is 61.9 Å². The summed E-state index contributed by atoms with van der Waals surface area (Å²) in [5.41, 5.74) is 5.24. The van der Waals surface area contributed by atoms with Crippen molar-refractivity contribution in [3.05, 3.63) is 129 Å². The first-order valence-corrected chi connectivity index (χ1v) is 15.4. The lowest BCUT2D eigenvalue weighted by atomic mass is 10.1. The molecule has 238 valence electrons. The molecule has 0 bridgehead atoms. The van der Waals surface area contributed by atoms with Crippen molar-refractivity contribution in [3.63, 3.8) is 0 Å². The lowest BCUT2D eigenvalue weighted by molar-refractivity contribution is -0.122. The summed E-state index contributed by atoms with van der Waals surface area (Å²) in [4.78, 5) is 47.9. The van der Waals surface area contributed by atoms with Crippen molar-refractivity contribution in [1.29, 1.82) is 0 Å². The molecule has 0 aliphatic carbocycles. The molecule has 0 unspecified atom stereocenters. The van der Waals surface area contributed by atoms with Crippen molar-refractivity contribution in [3.8, 4) is 5.75 Å². The minimum atomic E-state index is -0.449. The molecular formula is C36H31Cl2N5O4. The van der Waals surface area contributed by atoms with E-state index in [0.29, 0.717) is 33.3 Å². The van der Waals surface area contributed by atoms with Gasteiger partial charge in [0, 0.05) is 58.4 Å². The molecule has 2 heterocycles. The maximum atomic E-state index is 13.0. The molecule has 0 saturated heterocycles. The molecule has 2 N–H and O–H groups in total. The second-order valence-electron chi connectivity index (χ2n) is 10.7. The van der Waals surface area contributed by atoms with Gasteiger partial charge < -0.3 is 20.3 Å². The molecule has 11 heteroatoms. The zero-order valence-electron chi connectivity index (χ0n) is 25.9. The van der Waals surface area contributed by atoms with Gasteiger partial charge in [0.15, 0.2) is 0 Å². The van der Waals surface area contributed by atoms with E-state index in [1.165, 1.54) is 11.0 Å². The lowest BCUT2D eigenvalue weighted by Crippen LogP contribution is -2.37. The molecule has 9 nitrogen and oxygen atoms in total. The Morgan fingerprint density at radius 2 is 1.74 bits per heavy atom. The number of carbonyl (C=O) groups is 3. The zero-order chi connectivity index (χ0) is 33.5. The number of benzene rings is 3. The van der Waals surface area contributed by atoms with Gasteiger partial charge in [0.2, 0.25) is 11.8 Å². The smallest absolute Gasteiger partial charge is 0.255 e. The van der Waals surface area contributed by atoms with Crippen LogP contribution in [-0.4, -0.2) is 41.3 Å². The van der Waals surface area contributed by atoms with E-state index < -0.39 is 5.91 Å². The Balaban J connectivity index is 1.17. The number of amides is 3. The average molecular weight is 669 g/mol. The van der Waals surface area contributed by atoms with Gasteiger partial charge in [0.25, 0.3) is 5.91 Å². The van der Waals surface area contributed by atoms with Crippen LogP contribution >= 0.6 is 23.2 Å². The maximum Gasteiger partial charge on any atom is 0.255 e. The van der Waals surface area contributed by atoms with Gasteiger partial charge in [-0.05, 0) is 79.6 Å².